The van der Waals surface area contributed by atoms with Crippen LogP contribution in [0.3, 0.4) is 0 Å². The van der Waals surface area contributed by atoms with Crippen molar-refractivity contribution < 1.29 is 9.59 Å². The van der Waals surface area contributed by atoms with Gasteiger partial charge in [-0.25, -0.2) is 0 Å². The number of carbonyl (C=O) groups excluding carboxylic acids is 2. The van der Waals surface area contributed by atoms with Crippen molar-refractivity contribution >= 4 is 11.8 Å². The molecular weight excluding hydrogens is 242 g/mol. The van der Waals surface area contributed by atoms with Crippen LogP contribution in [0, 0.1) is 11.3 Å². The molecule has 0 saturated carbocycles. The molecule has 2 aliphatic rings. The van der Waals surface area contributed by atoms with E-state index in [2.05, 4.69) is 10.6 Å². The van der Waals surface area contributed by atoms with Gasteiger partial charge in [-0.05, 0) is 45.2 Å². The summed E-state index contributed by atoms with van der Waals surface area (Å²) in [5.41, 5.74) is -0.404. The molecule has 2 fully saturated rings. The van der Waals surface area contributed by atoms with E-state index in [0.717, 1.165) is 32.4 Å². The van der Waals surface area contributed by atoms with Gasteiger partial charge in [0.15, 0.2) is 0 Å². The van der Waals surface area contributed by atoms with E-state index in [1.807, 2.05) is 11.8 Å². The summed E-state index contributed by atoms with van der Waals surface area (Å²) < 4.78 is 0. The molecule has 1 unspecified atom stereocenters. The van der Waals surface area contributed by atoms with Gasteiger partial charge in [-0.3, -0.25) is 9.59 Å². The van der Waals surface area contributed by atoms with Crippen LogP contribution in [0.4, 0.5) is 0 Å². The zero-order chi connectivity index (χ0) is 13.9. The molecule has 2 rings (SSSR count). The molecular formula is C14H25N3O2. The van der Waals surface area contributed by atoms with Crippen molar-refractivity contribution in [3.63, 3.8) is 0 Å². The molecule has 0 radical (unpaired) electrons. The van der Waals surface area contributed by atoms with E-state index in [4.69, 9.17) is 0 Å². The fourth-order valence-electron chi connectivity index (χ4n) is 3.12. The molecule has 0 aromatic rings. The zero-order valence-electron chi connectivity index (χ0n) is 12.0. The summed E-state index contributed by atoms with van der Waals surface area (Å²) in [5, 5.41) is 6.02. The topological polar surface area (TPSA) is 61.4 Å². The molecule has 2 N–H and O–H groups in total. The summed E-state index contributed by atoms with van der Waals surface area (Å²) in [5.74, 6) is 0.782. The molecule has 108 valence electrons. The first-order chi connectivity index (χ1) is 9.05. The predicted molar refractivity (Wildman–Crippen MR) is 73.6 cm³/mol. The Balaban J connectivity index is 1.86. The standard InChI is InChI=1S/C14H25N3O2/c1-14(13(19)15-2)5-8-17(10-14)12(18)9-11-3-6-16-7-4-11/h11,16H,3-10H2,1-2H3,(H,15,19). The third-order valence-corrected chi connectivity index (χ3v) is 4.52. The first-order valence-electron chi connectivity index (χ1n) is 7.26. The third kappa shape index (κ3) is 3.26. The van der Waals surface area contributed by atoms with Crippen molar-refractivity contribution in [1.82, 2.24) is 15.5 Å². The summed E-state index contributed by atoms with van der Waals surface area (Å²) in [7, 11) is 1.66. The second-order valence-electron chi connectivity index (χ2n) is 6.10. The molecule has 1 atom stereocenters. The minimum absolute atomic E-state index is 0.0460. The van der Waals surface area contributed by atoms with Crippen molar-refractivity contribution in [2.45, 2.75) is 32.6 Å². The average Bonchev–Trinajstić information content (AvgIpc) is 2.83. The maximum Gasteiger partial charge on any atom is 0.227 e. The van der Waals surface area contributed by atoms with Crippen molar-refractivity contribution in [3.8, 4) is 0 Å². The van der Waals surface area contributed by atoms with Gasteiger partial charge < -0.3 is 15.5 Å². The van der Waals surface area contributed by atoms with Gasteiger partial charge in [-0.1, -0.05) is 0 Å². The van der Waals surface area contributed by atoms with Crippen molar-refractivity contribution in [2.24, 2.45) is 11.3 Å². The Morgan fingerprint density at radius 1 is 1.37 bits per heavy atom. The van der Waals surface area contributed by atoms with E-state index in [-0.39, 0.29) is 11.8 Å². The first-order valence-corrected chi connectivity index (χ1v) is 7.26. The number of hydrogen-bond donors (Lipinski definition) is 2. The van der Waals surface area contributed by atoms with Gasteiger partial charge in [-0.15, -0.1) is 0 Å². The van der Waals surface area contributed by atoms with Crippen molar-refractivity contribution in [3.05, 3.63) is 0 Å². The monoisotopic (exact) mass is 267 g/mol. The maximum absolute atomic E-state index is 12.3. The lowest BCUT2D eigenvalue weighted by Crippen LogP contribution is -2.41. The molecule has 5 heteroatoms. The smallest absolute Gasteiger partial charge is 0.227 e. The Kier molecular flexibility index (Phi) is 4.45. The highest BCUT2D eigenvalue weighted by Crippen LogP contribution is 2.31. The van der Waals surface area contributed by atoms with Crippen LogP contribution in [0.5, 0.6) is 0 Å². The third-order valence-electron chi connectivity index (χ3n) is 4.52. The molecule has 0 aromatic heterocycles. The number of amides is 2. The van der Waals surface area contributed by atoms with Crippen LogP contribution < -0.4 is 10.6 Å². The van der Waals surface area contributed by atoms with E-state index in [1.165, 1.54) is 0 Å². The zero-order valence-corrected chi connectivity index (χ0v) is 12.0. The van der Waals surface area contributed by atoms with E-state index < -0.39 is 5.41 Å². The van der Waals surface area contributed by atoms with Gasteiger partial charge in [0, 0.05) is 26.6 Å². The molecule has 2 aliphatic heterocycles. The molecule has 0 bridgehead atoms. The van der Waals surface area contributed by atoms with Crippen LogP contribution in [0.2, 0.25) is 0 Å². The second kappa shape index (κ2) is 5.90. The van der Waals surface area contributed by atoms with Gasteiger partial charge in [-0.2, -0.15) is 0 Å². The molecule has 0 spiro atoms. The predicted octanol–water partition coefficient (Wildman–Crippen LogP) is 0.361. The Hall–Kier alpha value is -1.10. The first kappa shape index (κ1) is 14.3. The minimum atomic E-state index is -0.404. The summed E-state index contributed by atoms with van der Waals surface area (Å²) in [6.07, 6.45) is 3.59. The quantitative estimate of drug-likeness (QED) is 0.776. The number of piperidine rings is 1. The Morgan fingerprint density at radius 3 is 2.68 bits per heavy atom. The Labute approximate surface area is 115 Å². The number of nitrogens with one attached hydrogen (secondary N) is 2. The fourth-order valence-corrected chi connectivity index (χ4v) is 3.12. The molecule has 5 nitrogen and oxygen atoms in total. The average molecular weight is 267 g/mol. The molecule has 0 aromatic carbocycles. The van der Waals surface area contributed by atoms with E-state index >= 15 is 0 Å². The second-order valence-corrected chi connectivity index (χ2v) is 6.10. The van der Waals surface area contributed by atoms with Crippen LogP contribution >= 0.6 is 0 Å². The molecule has 0 aliphatic carbocycles. The summed E-state index contributed by atoms with van der Waals surface area (Å²) in [4.78, 5) is 26.0. The van der Waals surface area contributed by atoms with Crippen LogP contribution in [0.15, 0.2) is 0 Å². The van der Waals surface area contributed by atoms with Crippen LogP contribution in [0.1, 0.15) is 32.6 Å². The van der Waals surface area contributed by atoms with E-state index in [1.54, 1.807) is 7.05 Å². The number of carbonyl (C=O) groups is 2. The van der Waals surface area contributed by atoms with Gasteiger partial charge in [0.25, 0.3) is 0 Å². The van der Waals surface area contributed by atoms with E-state index in [0.29, 0.717) is 25.4 Å². The van der Waals surface area contributed by atoms with Gasteiger partial charge >= 0.3 is 0 Å². The lowest BCUT2D eigenvalue weighted by atomic mass is 9.89. The molecule has 2 saturated heterocycles. The minimum Gasteiger partial charge on any atom is -0.359 e. The SMILES string of the molecule is CNC(=O)C1(C)CCN(C(=O)CC2CCNCC2)C1. The highest BCUT2D eigenvalue weighted by Gasteiger charge is 2.41. The van der Waals surface area contributed by atoms with E-state index in [9.17, 15) is 9.59 Å². The lowest BCUT2D eigenvalue weighted by Gasteiger charge is -2.26. The van der Waals surface area contributed by atoms with Gasteiger partial charge in [0.1, 0.15) is 0 Å². The fraction of sp³-hybridized carbons (Fsp3) is 0.857. The summed E-state index contributed by atoms with van der Waals surface area (Å²) >= 11 is 0. The molecule has 2 heterocycles. The molecule has 19 heavy (non-hydrogen) atoms. The summed E-state index contributed by atoms with van der Waals surface area (Å²) in [6, 6.07) is 0. The number of hydrogen-bond acceptors (Lipinski definition) is 3. The Bertz CT molecular complexity index is 353. The van der Waals surface area contributed by atoms with Crippen molar-refractivity contribution in [2.75, 3.05) is 33.2 Å². The number of likely N-dealkylation sites (tertiary alicyclic amines) is 1. The number of rotatable bonds is 3. The highest BCUT2D eigenvalue weighted by molar-refractivity contribution is 5.84. The largest absolute Gasteiger partial charge is 0.359 e. The van der Waals surface area contributed by atoms with Crippen LogP contribution in [-0.4, -0.2) is 49.9 Å². The normalized spacial score (nSPS) is 28.4. The lowest BCUT2D eigenvalue weighted by molar-refractivity contribution is -0.133. The summed E-state index contributed by atoms with van der Waals surface area (Å²) in [6.45, 7) is 5.27. The van der Waals surface area contributed by atoms with Gasteiger partial charge in [0.05, 0.1) is 5.41 Å². The van der Waals surface area contributed by atoms with Crippen LogP contribution in [-0.2, 0) is 9.59 Å². The van der Waals surface area contributed by atoms with Crippen molar-refractivity contribution in [1.29, 1.82) is 0 Å². The molecule has 2 amide bonds. The maximum atomic E-state index is 12.3. The van der Waals surface area contributed by atoms with Crippen LogP contribution in [0.25, 0.3) is 0 Å². The highest BCUT2D eigenvalue weighted by atomic mass is 16.2. The Morgan fingerprint density at radius 2 is 2.05 bits per heavy atom. The van der Waals surface area contributed by atoms with Gasteiger partial charge in [0.2, 0.25) is 11.8 Å². The number of nitrogens with zero attached hydrogens (tertiary/aromatic N) is 1.